The molecule has 0 spiro atoms. The lowest BCUT2D eigenvalue weighted by atomic mass is 10.2. The van der Waals surface area contributed by atoms with Gasteiger partial charge in [-0.05, 0) is 24.3 Å². The summed E-state index contributed by atoms with van der Waals surface area (Å²) in [6.45, 7) is 0.348. The van der Waals surface area contributed by atoms with Gasteiger partial charge in [-0.1, -0.05) is 18.2 Å². The van der Waals surface area contributed by atoms with Gasteiger partial charge in [-0.15, -0.1) is 0 Å². The maximum atomic E-state index is 5.86. The van der Waals surface area contributed by atoms with Crippen LogP contribution >= 0.6 is 0 Å². The van der Waals surface area contributed by atoms with Crippen molar-refractivity contribution in [1.29, 1.82) is 0 Å². The Hall–Kier alpha value is -2.62. The van der Waals surface area contributed by atoms with Crippen LogP contribution in [0.25, 0.3) is 11.0 Å². The predicted molar refractivity (Wildman–Crippen MR) is 78.0 cm³/mol. The fourth-order valence-electron chi connectivity index (χ4n) is 2.06. The van der Waals surface area contributed by atoms with Gasteiger partial charge < -0.3 is 19.6 Å². The van der Waals surface area contributed by atoms with Gasteiger partial charge in [0, 0.05) is 11.5 Å². The van der Waals surface area contributed by atoms with Crippen molar-refractivity contribution in [2.24, 2.45) is 0 Å². The van der Waals surface area contributed by atoms with Crippen LogP contribution in [0.5, 0.6) is 11.5 Å². The average Bonchev–Trinajstić information content (AvgIpc) is 2.90. The first-order valence-electron chi connectivity index (χ1n) is 6.30. The lowest BCUT2D eigenvalue weighted by Gasteiger charge is -2.05. The van der Waals surface area contributed by atoms with E-state index in [0.29, 0.717) is 17.9 Å². The summed E-state index contributed by atoms with van der Waals surface area (Å²) in [5.41, 5.74) is 7.20. The second kappa shape index (κ2) is 5.17. The molecule has 0 amide bonds. The van der Waals surface area contributed by atoms with Crippen molar-refractivity contribution >= 4 is 16.7 Å². The third-order valence-corrected chi connectivity index (χ3v) is 3.05. The van der Waals surface area contributed by atoms with E-state index >= 15 is 0 Å². The number of fused-ring (bicyclic) bond motifs is 1. The molecule has 4 heteroatoms. The first kappa shape index (κ1) is 12.4. The predicted octanol–water partition coefficient (Wildman–Crippen LogP) is 3.60. The van der Waals surface area contributed by atoms with Crippen LogP contribution in [0.3, 0.4) is 0 Å². The largest absolute Gasteiger partial charge is 0.497 e. The molecule has 1 heterocycles. The Morgan fingerprint density at radius 3 is 2.65 bits per heavy atom. The van der Waals surface area contributed by atoms with Gasteiger partial charge in [0.25, 0.3) is 0 Å². The topological polar surface area (TPSA) is 57.6 Å². The summed E-state index contributed by atoms with van der Waals surface area (Å²) < 4.78 is 16.5. The molecule has 0 bridgehead atoms. The maximum Gasteiger partial charge on any atom is 0.157 e. The fourth-order valence-corrected chi connectivity index (χ4v) is 2.06. The van der Waals surface area contributed by atoms with Crippen LogP contribution in [0.1, 0.15) is 5.76 Å². The van der Waals surface area contributed by atoms with Gasteiger partial charge in [0.2, 0.25) is 0 Å². The summed E-state index contributed by atoms with van der Waals surface area (Å²) in [5.74, 6) is 2.23. The smallest absolute Gasteiger partial charge is 0.157 e. The van der Waals surface area contributed by atoms with Gasteiger partial charge in [0.05, 0.1) is 12.8 Å². The molecule has 0 atom stereocenters. The normalized spacial score (nSPS) is 10.7. The number of anilines is 1. The van der Waals surface area contributed by atoms with Crippen molar-refractivity contribution in [3.05, 3.63) is 54.3 Å². The number of ether oxygens (including phenoxy) is 2. The summed E-state index contributed by atoms with van der Waals surface area (Å²) in [4.78, 5) is 0. The van der Waals surface area contributed by atoms with Crippen molar-refractivity contribution in [1.82, 2.24) is 0 Å². The van der Waals surface area contributed by atoms with E-state index < -0.39 is 0 Å². The zero-order valence-corrected chi connectivity index (χ0v) is 11.1. The number of nitrogen functional groups attached to an aromatic ring is 1. The highest BCUT2D eigenvalue weighted by Gasteiger charge is 2.07. The molecule has 20 heavy (non-hydrogen) atoms. The number of furan rings is 1. The lowest BCUT2D eigenvalue weighted by molar-refractivity contribution is 0.273. The van der Waals surface area contributed by atoms with Crippen molar-refractivity contribution < 1.29 is 13.9 Å². The number of hydrogen-bond donors (Lipinski definition) is 1. The molecular weight excluding hydrogens is 254 g/mol. The monoisotopic (exact) mass is 269 g/mol. The van der Waals surface area contributed by atoms with Crippen LogP contribution in [0.2, 0.25) is 0 Å². The molecule has 0 aliphatic heterocycles. The quantitative estimate of drug-likeness (QED) is 0.735. The van der Waals surface area contributed by atoms with E-state index in [1.807, 2.05) is 48.5 Å². The summed E-state index contributed by atoms with van der Waals surface area (Å²) in [6, 6.07) is 15.1. The lowest BCUT2D eigenvalue weighted by Crippen LogP contribution is -1.94. The molecule has 0 aliphatic rings. The molecule has 3 rings (SSSR count). The Balaban J connectivity index is 1.78. The van der Waals surface area contributed by atoms with Crippen molar-refractivity contribution in [2.45, 2.75) is 6.61 Å². The number of nitrogens with two attached hydrogens (primary N) is 1. The number of para-hydroxylation sites is 1. The van der Waals surface area contributed by atoms with E-state index in [4.69, 9.17) is 19.6 Å². The molecule has 0 aliphatic carbocycles. The van der Waals surface area contributed by atoms with Gasteiger partial charge in [-0.2, -0.15) is 0 Å². The molecular formula is C16H15NO3. The summed E-state index contributed by atoms with van der Waals surface area (Å²) in [6.07, 6.45) is 0. The standard InChI is InChI=1S/C16H15NO3/c1-18-12-5-3-6-13(9-12)19-10-14-8-11-4-2-7-15(17)16(11)20-14/h2-9H,10,17H2,1H3. The van der Waals surface area contributed by atoms with Crippen LogP contribution < -0.4 is 15.2 Å². The Kier molecular flexibility index (Phi) is 3.21. The van der Waals surface area contributed by atoms with Gasteiger partial charge >= 0.3 is 0 Å². The fraction of sp³-hybridized carbons (Fsp3) is 0.125. The molecule has 0 radical (unpaired) electrons. The van der Waals surface area contributed by atoms with Gasteiger partial charge in [0.1, 0.15) is 23.9 Å². The van der Waals surface area contributed by atoms with Crippen molar-refractivity contribution in [2.75, 3.05) is 12.8 Å². The zero-order valence-electron chi connectivity index (χ0n) is 11.1. The van der Waals surface area contributed by atoms with Gasteiger partial charge in [-0.3, -0.25) is 0 Å². The highest BCUT2D eigenvalue weighted by Crippen LogP contribution is 2.26. The molecule has 0 saturated heterocycles. The third-order valence-electron chi connectivity index (χ3n) is 3.05. The van der Waals surface area contributed by atoms with Crippen LogP contribution in [0.15, 0.2) is 52.9 Å². The van der Waals surface area contributed by atoms with Gasteiger partial charge in [0.15, 0.2) is 5.58 Å². The van der Waals surface area contributed by atoms with E-state index in [2.05, 4.69) is 0 Å². The average molecular weight is 269 g/mol. The number of hydrogen-bond acceptors (Lipinski definition) is 4. The van der Waals surface area contributed by atoms with Crippen LogP contribution in [0.4, 0.5) is 5.69 Å². The Morgan fingerprint density at radius 1 is 1.05 bits per heavy atom. The molecule has 4 nitrogen and oxygen atoms in total. The molecule has 102 valence electrons. The van der Waals surface area contributed by atoms with Crippen molar-refractivity contribution in [3.63, 3.8) is 0 Å². The highest BCUT2D eigenvalue weighted by molar-refractivity contribution is 5.88. The molecule has 0 unspecified atom stereocenters. The van der Waals surface area contributed by atoms with Crippen LogP contribution in [-0.4, -0.2) is 7.11 Å². The maximum absolute atomic E-state index is 5.86. The first-order valence-corrected chi connectivity index (χ1v) is 6.30. The Labute approximate surface area is 116 Å². The second-order valence-corrected chi connectivity index (χ2v) is 4.45. The molecule has 2 aromatic carbocycles. The Morgan fingerprint density at radius 2 is 1.85 bits per heavy atom. The minimum absolute atomic E-state index is 0.348. The number of benzene rings is 2. The first-order chi connectivity index (χ1) is 9.76. The second-order valence-electron chi connectivity index (χ2n) is 4.45. The summed E-state index contributed by atoms with van der Waals surface area (Å²) in [7, 11) is 1.63. The van der Waals surface area contributed by atoms with Crippen LogP contribution in [-0.2, 0) is 6.61 Å². The van der Waals surface area contributed by atoms with Crippen LogP contribution in [0, 0.1) is 0 Å². The molecule has 1 aromatic heterocycles. The SMILES string of the molecule is COc1cccc(OCc2cc3cccc(N)c3o2)c1. The molecule has 0 saturated carbocycles. The van der Waals surface area contributed by atoms with Gasteiger partial charge in [-0.25, -0.2) is 0 Å². The highest BCUT2D eigenvalue weighted by atomic mass is 16.5. The van der Waals surface area contributed by atoms with E-state index in [0.717, 1.165) is 22.6 Å². The third kappa shape index (κ3) is 2.40. The number of rotatable bonds is 4. The van der Waals surface area contributed by atoms with E-state index in [1.54, 1.807) is 7.11 Å². The number of methoxy groups -OCH3 is 1. The molecule has 0 fully saturated rings. The van der Waals surface area contributed by atoms with E-state index in [1.165, 1.54) is 0 Å². The van der Waals surface area contributed by atoms with Crippen molar-refractivity contribution in [3.8, 4) is 11.5 Å². The summed E-state index contributed by atoms with van der Waals surface area (Å²) in [5, 5.41) is 0.981. The zero-order chi connectivity index (χ0) is 13.9. The van der Waals surface area contributed by atoms with E-state index in [9.17, 15) is 0 Å². The minimum Gasteiger partial charge on any atom is -0.497 e. The molecule has 3 aromatic rings. The summed E-state index contributed by atoms with van der Waals surface area (Å²) >= 11 is 0. The minimum atomic E-state index is 0.348. The Bertz CT molecular complexity index is 733. The van der Waals surface area contributed by atoms with E-state index in [-0.39, 0.29) is 0 Å². The molecule has 2 N–H and O–H groups in total.